The Morgan fingerprint density at radius 2 is 1.62 bits per heavy atom. The van der Waals surface area contributed by atoms with Crippen LogP contribution in [0.5, 0.6) is 11.5 Å². The van der Waals surface area contributed by atoms with Crippen LogP contribution in [0.25, 0.3) is 0 Å². The normalized spacial score (nSPS) is 10.5. The zero-order valence-electron chi connectivity index (χ0n) is 14.6. The van der Waals surface area contributed by atoms with E-state index in [1.165, 1.54) is 19.2 Å². The number of rotatable bonds is 6. The van der Waals surface area contributed by atoms with Gasteiger partial charge >= 0.3 is 10.1 Å². The third-order valence-corrected chi connectivity index (χ3v) is 4.42. The Hall–Kier alpha value is -2.05. The zero-order valence-corrected chi connectivity index (χ0v) is 15.4. The van der Waals surface area contributed by atoms with E-state index < -0.39 is 10.1 Å². The maximum Gasteiger partial charge on any atom is 0.339 e. The van der Waals surface area contributed by atoms with E-state index >= 15 is 0 Å². The smallest absolute Gasteiger partial charge is 0.339 e. The van der Waals surface area contributed by atoms with Gasteiger partial charge in [-0.25, -0.2) is 0 Å². The SMILES string of the molecule is CC.COc1ccc(CCN)cc1OS(=O)(=O)c1ccc(C)cc1. The standard InChI is InChI=1S/C16H19NO4S.C2H6/c1-12-3-6-14(7-4-12)22(18,19)21-16-11-13(9-10-17)5-8-15(16)20-2;1-2/h3-8,11H,9-10,17H2,1-2H3;1-2H3. The minimum atomic E-state index is -3.91. The van der Waals surface area contributed by atoms with Gasteiger partial charge in [-0.2, -0.15) is 8.42 Å². The van der Waals surface area contributed by atoms with Gasteiger partial charge in [0.25, 0.3) is 0 Å². The molecule has 0 atom stereocenters. The van der Waals surface area contributed by atoms with Crippen molar-refractivity contribution in [2.24, 2.45) is 5.73 Å². The van der Waals surface area contributed by atoms with Crippen LogP contribution in [0.2, 0.25) is 0 Å². The molecule has 2 N–H and O–H groups in total. The predicted molar refractivity (Wildman–Crippen MR) is 96.1 cm³/mol. The van der Waals surface area contributed by atoms with Crippen molar-refractivity contribution in [1.29, 1.82) is 0 Å². The second-order valence-electron chi connectivity index (χ2n) is 4.87. The first-order valence-electron chi connectivity index (χ1n) is 7.84. The summed E-state index contributed by atoms with van der Waals surface area (Å²) >= 11 is 0. The molecule has 24 heavy (non-hydrogen) atoms. The van der Waals surface area contributed by atoms with Crippen LogP contribution >= 0.6 is 0 Å². The van der Waals surface area contributed by atoms with Crippen molar-refractivity contribution < 1.29 is 17.3 Å². The summed E-state index contributed by atoms with van der Waals surface area (Å²) in [7, 11) is -2.44. The van der Waals surface area contributed by atoms with Crippen molar-refractivity contribution in [2.45, 2.75) is 32.1 Å². The van der Waals surface area contributed by atoms with Gasteiger partial charge in [-0.3, -0.25) is 0 Å². The van der Waals surface area contributed by atoms with Crippen molar-refractivity contribution in [3.05, 3.63) is 53.6 Å². The molecule has 0 heterocycles. The fourth-order valence-corrected chi connectivity index (χ4v) is 2.91. The van der Waals surface area contributed by atoms with Crippen LogP contribution in [-0.4, -0.2) is 22.1 Å². The van der Waals surface area contributed by atoms with Gasteiger partial charge in [-0.05, 0) is 49.7 Å². The topological polar surface area (TPSA) is 78.6 Å². The number of benzene rings is 2. The Morgan fingerprint density at radius 3 is 2.17 bits per heavy atom. The molecule has 2 aromatic carbocycles. The molecule has 0 spiro atoms. The molecule has 0 radical (unpaired) electrons. The Labute approximate surface area is 144 Å². The molecule has 0 bridgehead atoms. The van der Waals surface area contributed by atoms with Crippen LogP contribution in [0.1, 0.15) is 25.0 Å². The molecule has 0 unspecified atom stereocenters. The van der Waals surface area contributed by atoms with Crippen LogP contribution in [0, 0.1) is 6.92 Å². The molecule has 5 nitrogen and oxygen atoms in total. The highest BCUT2D eigenvalue weighted by molar-refractivity contribution is 7.87. The Kier molecular flexibility index (Phi) is 7.74. The van der Waals surface area contributed by atoms with Gasteiger partial charge in [0.15, 0.2) is 11.5 Å². The van der Waals surface area contributed by atoms with Crippen LogP contribution in [0.4, 0.5) is 0 Å². The summed E-state index contributed by atoms with van der Waals surface area (Å²) in [6.07, 6.45) is 0.630. The van der Waals surface area contributed by atoms with E-state index in [1.807, 2.05) is 26.8 Å². The Balaban J connectivity index is 0.00000139. The lowest BCUT2D eigenvalue weighted by Gasteiger charge is -2.12. The number of hydrogen-bond donors (Lipinski definition) is 1. The highest BCUT2D eigenvalue weighted by Gasteiger charge is 2.19. The molecule has 6 heteroatoms. The number of nitrogens with two attached hydrogens (primary N) is 1. The third kappa shape index (κ3) is 5.25. The lowest BCUT2D eigenvalue weighted by Crippen LogP contribution is -2.11. The molecule has 0 fully saturated rings. The van der Waals surface area contributed by atoms with Gasteiger partial charge < -0.3 is 14.7 Å². The Bertz CT molecular complexity index is 740. The quantitative estimate of drug-likeness (QED) is 0.808. The molecule has 0 aliphatic carbocycles. The summed E-state index contributed by atoms with van der Waals surface area (Å²) < 4.78 is 35.1. The molecule has 0 saturated carbocycles. The van der Waals surface area contributed by atoms with Gasteiger partial charge in [-0.15, -0.1) is 0 Å². The number of ether oxygens (including phenoxy) is 1. The number of methoxy groups -OCH3 is 1. The predicted octanol–water partition coefficient (Wildman–Crippen LogP) is 3.30. The first kappa shape index (κ1) is 20.0. The third-order valence-electron chi connectivity index (χ3n) is 3.17. The molecule has 0 aliphatic rings. The van der Waals surface area contributed by atoms with Crippen LogP contribution < -0.4 is 14.7 Å². The summed E-state index contributed by atoms with van der Waals surface area (Å²) in [5.74, 6) is 0.519. The average molecular weight is 351 g/mol. The second-order valence-corrected chi connectivity index (χ2v) is 6.42. The molecule has 0 amide bonds. The molecule has 0 aliphatic heterocycles. The van der Waals surface area contributed by atoms with E-state index in [9.17, 15) is 8.42 Å². The van der Waals surface area contributed by atoms with E-state index in [2.05, 4.69) is 0 Å². The van der Waals surface area contributed by atoms with Crippen molar-refractivity contribution >= 4 is 10.1 Å². The monoisotopic (exact) mass is 351 g/mol. The molecule has 2 rings (SSSR count). The van der Waals surface area contributed by atoms with Crippen LogP contribution in [-0.2, 0) is 16.5 Å². The molecular weight excluding hydrogens is 326 g/mol. The fourth-order valence-electron chi connectivity index (χ4n) is 1.98. The van der Waals surface area contributed by atoms with Crippen molar-refractivity contribution in [2.75, 3.05) is 13.7 Å². The summed E-state index contributed by atoms with van der Waals surface area (Å²) in [6, 6.07) is 11.6. The van der Waals surface area contributed by atoms with Gasteiger partial charge in [-0.1, -0.05) is 37.6 Å². The minimum Gasteiger partial charge on any atom is -0.493 e. The summed E-state index contributed by atoms with van der Waals surface area (Å²) in [5, 5.41) is 0. The van der Waals surface area contributed by atoms with Crippen LogP contribution in [0.15, 0.2) is 47.4 Å². The van der Waals surface area contributed by atoms with Crippen LogP contribution in [0.3, 0.4) is 0 Å². The molecule has 132 valence electrons. The average Bonchev–Trinajstić information content (AvgIpc) is 2.57. The highest BCUT2D eigenvalue weighted by Crippen LogP contribution is 2.31. The van der Waals surface area contributed by atoms with E-state index in [0.717, 1.165) is 11.1 Å². The van der Waals surface area contributed by atoms with E-state index in [1.54, 1.807) is 24.3 Å². The minimum absolute atomic E-state index is 0.101. The van der Waals surface area contributed by atoms with Crippen molar-refractivity contribution in [3.8, 4) is 11.5 Å². The van der Waals surface area contributed by atoms with Gasteiger partial charge in [0.05, 0.1) is 7.11 Å². The van der Waals surface area contributed by atoms with Gasteiger partial charge in [0.1, 0.15) is 4.90 Å². The molecule has 0 aromatic heterocycles. The maximum atomic E-state index is 12.3. The Morgan fingerprint density at radius 1 is 1.00 bits per heavy atom. The lowest BCUT2D eigenvalue weighted by molar-refractivity contribution is 0.390. The van der Waals surface area contributed by atoms with Gasteiger partial charge in [0.2, 0.25) is 0 Å². The maximum absolute atomic E-state index is 12.3. The number of hydrogen-bond acceptors (Lipinski definition) is 5. The lowest BCUT2D eigenvalue weighted by atomic mass is 10.1. The second kappa shape index (κ2) is 9.30. The molecule has 2 aromatic rings. The van der Waals surface area contributed by atoms with Crippen molar-refractivity contribution in [1.82, 2.24) is 0 Å². The van der Waals surface area contributed by atoms with E-state index in [-0.39, 0.29) is 10.6 Å². The summed E-state index contributed by atoms with van der Waals surface area (Å²) in [5.41, 5.74) is 7.38. The van der Waals surface area contributed by atoms with E-state index in [4.69, 9.17) is 14.7 Å². The first-order valence-corrected chi connectivity index (χ1v) is 9.25. The van der Waals surface area contributed by atoms with Gasteiger partial charge in [0, 0.05) is 0 Å². The number of aryl methyl sites for hydroxylation is 1. The summed E-state index contributed by atoms with van der Waals surface area (Å²) in [6.45, 7) is 6.35. The summed E-state index contributed by atoms with van der Waals surface area (Å²) in [4.78, 5) is 0.101. The largest absolute Gasteiger partial charge is 0.493 e. The fraction of sp³-hybridized carbons (Fsp3) is 0.333. The molecular formula is C18H25NO4S. The molecule has 0 saturated heterocycles. The highest BCUT2D eigenvalue weighted by atomic mass is 32.2. The first-order chi connectivity index (χ1) is 11.5. The zero-order chi connectivity index (χ0) is 18.2. The van der Waals surface area contributed by atoms with E-state index in [0.29, 0.717) is 18.7 Å². The van der Waals surface area contributed by atoms with Crippen molar-refractivity contribution in [3.63, 3.8) is 0 Å².